The van der Waals surface area contributed by atoms with Crippen LogP contribution in [-0.4, -0.2) is 15.2 Å². The highest BCUT2D eigenvalue weighted by Crippen LogP contribution is 2.24. The molecule has 0 saturated heterocycles. The molecule has 15 heavy (non-hydrogen) atoms. The Labute approximate surface area is 101 Å². The second-order valence-electron chi connectivity index (χ2n) is 2.61. The summed E-state index contributed by atoms with van der Waals surface area (Å²) in [5.41, 5.74) is 0. The minimum atomic E-state index is 0.378. The zero-order chi connectivity index (χ0) is 10.7. The Bertz CT molecular complexity index is 400. The minimum absolute atomic E-state index is 0.378. The van der Waals surface area contributed by atoms with E-state index in [1.54, 1.807) is 24.4 Å². The fourth-order valence-electron chi connectivity index (χ4n) is 0.888. The van der Waals surface area contributed by atoms with Gasteiger partial charge in [0.15, 0.2) is 5.15 Å². The number of pyridine rings is 1. The molecule has 0 bridgehead atoms. The highest BCUT2D eigenvalue weighted by Gasteiger charge is 2.00. The molecule has 2 aromatic heterocycles. The molecular formula is C9H5Cl2N3S. The van der Waals surface area contributed by atoms with Crippen molar-refractivity contribution in [1.29, 1.82) is 0 Å². The lowest BCUT2D eigenvalue weighted by molar-refractivity contribution is 0.927. The van der Waals surface area contributed by atoms with Gasteiger partial charge in [0.2, 0.25) is 0 Å². The molecule has 0 saturated carbocycles. The maximum Gasteiger partial charge on any atom is 0.151 e. The highest BCUT2D eigenvalue weighted by molar-refractivity contribution is 7.99. The van der Waals surface area contributed by atoms with Crippen molar-refractivity contribution in [2.24, 2.45) is 0 Å². The first-order valence-corrected chi connectivity index (χ1v) is 5.60. The molecule has 2 heterocycles. The van der Waals surface area contributed by atoms with Crippen molar-refractivity contribution in [3.63, 3.8) is 0 Å². The van der Waals surface area contributed by atoms with E-state index in [1.165, 1.54) is 11.8 Å². The Kier molecular flexibility index (Phi) is 3.41. The van der Waals surface area contributed by atoms with Crippen LogP contribution >= 0.6 is 35.0 Å². The Balaban J connectivity index is 2.15. The van der Waals surface area contributed by atoms with Gasteiger partial charge in [-0.05, 0) is 36.0 Å². The van der Waals surface area contributed by atoms with Gasteiger partial charge in [-0.3, -0.25) is 0 Å². The summed E-state index contributed by atoms with van der Waals surface area (Å²) in [6.07, 6.45) is 1.59. The first-order chi connectivity index (χ1) is 7.24. The van der Waals surface area contributed by atoms with E-state index in [0.29, 0.717) is 10.2 Å². The van der Waals surface area contributed by atoms with Gasteiger partial charge in [-0.1, -0.05) is 23.2 Å². The van der Waals surface area contributed by atoms with E-state index in [0.717, 1.165) is 10.1 Å². The highest BCUT2D eigenvalue weighted by atomic mass is 35.5. The van der Waals surface area contributed by atoms with Crippen molar-refractivity contribution in [2.75, 3.05) is 0 Å². The second kappa shape index (κ2) is 4.79. The molecule has 2 rings (SSSR count). The van der Waals surface area contributed by atoms with E-state index in [9.17, 15) is 0 Å². The molecule has 0 N–H and O–H groups in total. The van der Waals surface area contributed by atoms with Gasteiger partial charge in [0.05, 0.1) is 5.02 Å². The molecular weight excluding hydrogens is 253 g/mol. The number of hydrogen-bond donors (Lipinski definition) is 0. The summed E-state index contributed by atoms with van der Waals surface area (Å²) >= 11 is 12.7. The summed E-state index contributed by atoms with van der Waals surface area (Å²) in [5, 5.41) is 10.2. The lowest BCUT2D eigenvalue weighted by Crippen LogP contribution is -1.85. The van der Waals surface area contributed by atoms with Crippen molar-refractivity contribution < 1.29 is 0 Å². The molecule has 3 nitrogen and oxygen atoms in total. The van der Waals surface area contributed by atoms with E-state index < -0.39 is 0 Å². The fourth-order valence-corrected chi connectivity index (χ4v) is 1.77. The summed E-state index contributed by atoms with van der Waals surface area (Å²) in [6.45, 7) is 0. The zero-order valence-electron chi connectivity index (χ0n) is 7.39. The van der Waals surface area contributed by atoms with Crippen LogP contribution in [0.2, 0.25) is 10.2 Å². The van der Waals surface area contributed by atoms with Crippen LogP contribution in [0, 0.1) is 0 Å². The number of nitrogens with zero attached hydrogens (tertiary/aromatic N) is 3. The predicted octanol–water partition coefficient (Wildman–Crippen LogP) is 3.33. The van der Waals surface area contributed by atoms with Crippen LogP contribution in [0.5, 0.6) is 0 Å². The van der Waals surface area contributed by atoms with Gasteiger partial charge in [-0.15, -0.1) is 10.2 Å². The van der Waals surface area contributed by atoms with Crippen molar-refractivity contribution in [3.8, 4) is 0 Å². The van der Waals surface area contributed by atoms with Gasteiger partial charge < -0.3 is 0 Å². The van der Waals surface area contributed by atoms with Crippen LogP contribution in [-0.2, 0) is 0 Å². The maximum absolute atomic E-state index is 5.72. The molecule has 2 aromatic rings. The van der Waals surface area contributed by atoms with Gasteiger partial charge in [-0.2, -0.15) is 0 Å². The largest absolute Gasteiger partial charge is 0.248 e. The van der Waals surface area contributed by atoms with Crippen molar-refractivity contribution in [2.45, 2.75) is 10.1 Å². The Morgan fingerprint density at radius 1 is 0.933 bits per heavy atom. The minimum Gasteiger partial charge on any atom is -0.248 e. The molecule has 0 aliphatic rings. The van der Waals surface area contributed by atoms with Gasteiger partial charge in [0.1, 0.15) is 10.1 Å². The molecule has 76 valence electrons. The molecule has 0 unspecified atom stereocenters. The first kappa shape index (κ1) is 10.7. The molecule has 0 aromatic carbocycles. The number of aromatic nitrogens is 3. The molecule has 0 spiro atoms. The summed E-state index contributed by atoms with van der Waals surface area (Å²) in [5.74, 6) is 0. The van der Waals surface area contributed by atoms with Crippen LogP contribution in [0.1, 0.15) is 0 Å². The molecule has 0 amide bonds. The van der Waals surface area contributed by atoms with Crippen LogP contribution in [0.3, 0.4) is 0 Å². The van der Waals surface area contributed by atoms with Crippen LogP contribution in [0.4, 0.5) is 0 Å². The molecule has 0 atom stereocenters. The van der Waals surface area contributed by atoms with E-state index in [4.69, 9.17) is 23.2 Å². The second-order valence-corrected chi connectivity index (χ2v) is 4.48. The van der Waals surface area contributed by atoms with Crippen LogP contribution in [0.25, 0.3) is 0 Å². The average molecular weight is 258 g/mol. The lowest BCUT2D eigenvalue weighted by atomic mass is 10.5. The van der Waals surface area contributed by atoms with Gasteiger partial charge >= 0.3 is 0 Å². The third-order valence-electron chi connectivity index (χ3n) is 1.52. The topological polar surface area (TPSA) is 38.7 Å². The third-order valence-corrected chi connectivity index (χ3v) is 2.82. The SMILES string of the molecule is Clc1ccc(Sc2ccc(Cl)nn2)nc1. The average Bonchev–Trinajstić information content (AvgIpc) is 2.25. The van der Waals surface area contributed by atoms with Crippen molar-refractivity contribution >= 4 is 35.0 Å². The molecule has 0 aliphatic carbocycles. The maximum atomic E-state index is 5.72. The smallest absolute Gasteiger partial charge is 0.151 e. The number of halogens is 2. The third kappa shape index (κ3) is 3.06. The summed E-state index contributed by atoms with van der Waals surface area (Å²) in [4.78, 5) is 4.13. The molecule has 0 fully saturated rings. The summed E-state index contributed by atoms with van der Waals surface area (Å²) < 4.78 is 0. The van der Waals surface area contributed by atoms with E-state index >= 15 is 0 Å². The Hall–Kier alpha value is -0.840. The number of rotatable bonds is 2. The monoisotopic (exact) mass is 257 g/mol. The Morgan fingerprint density at radius 2 is 1.73 bits per heavy atom. The fraction of sp³-hybridized carbons (Fsp3) is 0. The molecule has 0 aliphatic heterocycles. The lowest BCUT2D eigenvalue weighted by Gasteiger charge is -1.98. The standard InChI is InChI=1S/C9H5Cl2N3S/c10-6-1-3-8(12-5-6)15-9-4-2-7(11)13-14-9/h1-5H. The summed E-state index contributed by atoms with van der Waals surface area (Å²) in [6, 6.07) is 7.08. The quantitative estimate of drug-likeness (QED) is 0.828. The van der Waals surface area contributed by atoms with Gasteiger partial charge in [-0.25, -0.2) is 4.98 Å². The van der Waals surface area contributed by atoms with Gasteiger partial charge in [0, 0.05) is 6.20 Å². The predicted molar refractivity (Wildman–Crippen MR) is 60.4 cm³/mol. The van der Waals surface area contributed by atoms with Gasteiger partial charge in [0.25, 0.3) is 0 Å². The van der Waals surface area contributed by atoms with Crippen molar-refractivity contribution in [1.82, 2.24) is 15.2 Å². The van der Waals surface area contributed by atoms with Crippen molar-refractivity contribution in [3.05, 3.63) is 40.6 Å². The molecule has 0 radical (unpaired) electrons. The van der Waals surface area contributed by atoms with E-state index in [1.807, 2.05) is 6.07 Å². The van der Waals surface area contributed by atoms with Crippen LogP contribution < -0.4 is 0 Å². The number of hydrogen-bond acceptors (Lipinski definition) is 4. The normalized spacial score (nSPS) is 10.3. The zero-order valence-corrected chi connectivity index (χ0v) is 9.72. The Morgan fingerprint density at radius 3 is 2.33 bits per heavy atom. The van der Waals surface area contributed by atoms with Crippen LogP contribution in [0.15, 0.2) is 40.5 Å². The molecule has 6 heteroatoms. The summed E-state index contributed by atoms with van der Waals surface area (Å²) in [7, 11) is 0. The van der Waals surface area contributed by atoms with E-state index in [2.05, 4.69) is 15.2 Å². The first-order valence-electron chi connectivity index (χ1n) is 4.03. The van der Waals surface area contributed by atoms with E-state index in [-0.39, 0.29) is 0 Å².